The van der Waals surface area contributed by atoms with Crippen molar-refractivity contribution in [3.63, 3.8) is 0 Å². The Kier molecular flexibility index (Phi) is 2.98. The van der Waals surface area contributed by atoms with E-state index in [2.05, 4.69) is 3.79 Å². The average molecular weight is 178 g/mol. The van der Waals surface area contributed by atoms with Gasteiger partial charge in [0.25, 0.3) is 0 Å². The molecular weight excluding hydrogens is 172 g/mol. The zero-order valence-corrected chi connectivity index (χ0v) is 6.81. The van der Waals surface area contributed by atoms with E-state index in [0.717, 1.165) is 5.69 Å². The van der Waals surface area contributed by atoms with Crippen molar-refractivity contribution in [2.75, 3.05) is 0 Å². The Hall–Kier alpha value is -0.106. The third kappa shape index (κ3) is 2.31. The number of rotatable bonds is 1. The van der Waals surface area contributed by atoms with Crippen LogP contribution in [-0.4, -0.2) is 0 Å². The Morgan fingerprint density at radius 1 is 1.22 bits per heavy atom. The van der Waals surface area contributed by atoms with Crippen LogP contribution in [0.3, 0.4) is 0 Å². The Bertz CT molecular complexity index is 197. The number of nitrogens with zero attached hydrogens (tertiary/aromatic N) is 1. The summed E-state index contributed by atoms with van der Waals surface area (Å²) in [5, 5.41) is 0. The fraction of sp³-hybridized carbons (Fsp3) is 0. The molecule has 46 valence electrons. The summed E-state index contributed by atoms with van der Waals surface area (Å²) in [5.41, 5.74) is 0.979. The van der Waals surface area contributed by atoms with E-state index >= 15 is 0 Å². The average Bonchev–Trinajstić information content (AvgIpc) is 1.91. The Morgan fingerprint density at radius 2 is 1.89 bits per heavy atom. The van der Waals surface area contributed by atoms with Crippen LogP contribution < -0.4 is 0 Å². The first-order valence-corrected chi connectivity index (χ1v) is 5.05. The van der Waals surface area contributed by atoms with Gasteiger partial charge in [0.1, 0.15) is 0 Å². The molecule has 0 fully saturated rings. The summed E-state index contributed by atoms with van der Waals surface area (Å²) in [4.78, 5) is 0. The van der Waals surface area contributed by atoms with Crippen LogP contribution in [0.15, 0.2) is 34.1 Å². The van der Waals surface area contributed by atoms with Crippen LogP contribution in [0.2, 0.25) is 0 Å². The third-order valence-electron chi connectivity index (χ3n) is 0.909. The fourth-order valence-electron chi connectivity index (χ4n) is 0.538. The zero-order chi connectivity index (χ0) is 6.53. The summed E-state index contributed by atoms with van der Waals surface area (Å²) in [6.45, 7) is 0. The number of benzene rings is 1. The number of hydrogen-bond donors (Lipinski definition) is 0. The van der Waals surface area contributed by atoms with E-state index < -0.39 is 0 Å². The van der Waals surface area contributed by atoms with Gasteiger partial charge in [0, 0.05) is 0 Å². The van der Waals surface area contributed by atoms with Crippen molar-refractivity contribution in [2.24, 2.45) is 3.79 Å². The minimum absolute atomic E-state index is 0.354. The van der Waals surface area contributed by atoms with Gasteiger partial charge in [-0.05, 0) is 0 Å². The van der Waals surface area contributed by atoms with E-state index in [1.54, 1.807) is 0 Å². The van der Waals surface area contributed by atoms with Crippen molar-refractivity contribution in [1.82, 2.24) is 0 Å². The zero-order valence-electron chi connectivity index (χ0n) is 4.66. The Morgan fingerprint density at radius 3 is 2.44 bits per heavy atom. The molecule has 0 aliphatic carbocycles. The fourth-order valence-corrected chi connectivity index (χ4v) is 1.24. The molecule has 1 nitrogen and oxygen atoms in total. The Labute approximate surface area is 65.0 Å². The van der Waals surface area contributed by atoms with Crippen molar-refractivity contribution in [2.45, 2.75) is 0 Å². The first-order chi connectivity index (χ1) is 4.43. The predicted molar refractivity (Wildman–Crippen MR) is 34.4 cm³/mol. The van der Waals surface area contributed by atoms with Gasteiger partial charge < -0.3 is 0 Å². The molecule has 0 radical (unpaired) electrons. The molecule has 0 bridgehead atoms. The predicted octanol–water partition coefficient (Wildman–Crippen LogP) is 2.74. The van der Waals surface area contributed by atoms with Crippen LogP contribution in [-0.2, 0) is 15.1 Å². The second-order valence-corrected chi connectivity index (χ2v) is 2.68. The van der Waals surface area contributed by atoms with Crippen LogP contribution in [0.4, 0.5) is 5.69 Å². The molecule has 0 heterocycles. The van der Waals surface area contributed by atoms with Gasteiger partial charge in [-0.25, -0.2) is 0 Å². The van der Waals surface area contributed by atoms with Gasteiger partial charge in [0.15, 0.2) is 0 Å². The van der Waals surface area contributed by atoms with Crippen molar-refractivity contribution < 1.29 is 15.1 Å². The quantitative estimate of drug-likeness (QED) is 0.626. The normalized spacial score (nSPS) is 10.3. The van der Waals surface area contributed by atoms with Gasteiger partial charge in [0.05, 0.1) is 0 Å². The summed E-state index contributed by atoms with van der Waals surface area (Å²) in [6.07, 6.45) is 0. The molecule has 0 aliphatic heterocycles. The van der Waals surface area contributed by atoms with Gasteiger partial charge in [-0.1, -0.05) is 0 Å². The molecule has 9 heavy (non-hydrogen) atoms. The molecule has 0 atom stereocenters. The molecule has 1 aromatic rings. The van der Waals surface area contributed by atoms with E-state index in [1.165, 1.54) is 0 Å². The van der Waals surface area contributed by atoms with Crippen LogP contribution in [0, 0.1) is 0 Å². The molecule has 3 heteroatoms. The van der Waals surface area contributed by atoms with Gasteiger partial charge in [-0.15, -0.1) is 0 Å². The first-order valence-electron chi connectivity index (χ1n) is 2.50. The van der Waals surface area contributed by atoms with Gasteiger partial charge in [0.2, 0.25) is 0 Å². The monoisotopic (exact) mass is 177 g/mol. The molecule has 0 aliphatic rings. The van der Waals surface area contributed by atoms with Crippen molar-refractivity contribution in [3.8, 4) is 0 Å². The number of halogens is 1. The summed E-state index contributed by atoms with van der Waals surface area (Å²) < 4.78 is 4.07. The summed E-state index contributed by atoms with van der Waals surface area (Å²) in [5.74, 6) is 0. The third-order valence-corrected chi connectivity index (χ3v) is 1.70. The molecule has 0 N–H and O–H groups in total. The molecule has 0 spiro atoms. The van der Waals surface area contributed by atoms with E-state index in [9.17, 15) is 0 Å². The van der Waals surface area contributed by atoms with Crippen molar-refractivity contribution in [1.29, 1.82) is 0 Å². The van der Waals surface area contributed by atoms with E-state index in [-0.39, 0.29) is 15.1 Å². The molecule has 0 saturated heterocycles. The molecule has 0 saturated carbocycles. The standard InChI is InChI=1S/C6H5N.ClH.V/c7-6-4-2-1-3-5-6;;/h1-5H;1H;/q;;+1/p-1. The maximum atomic E-state index is 5.46. The molecule has 1 rings (SSSR count). The van der Waals surface area contributed by atoms with Crippen molar-refractivity contribution >= 4 is 15.5 Å². The summed E-state index contributed by atoms with van der Waals surface area (Å²) >= 11 is -0.354. The van der Waals surface area contributed by atoms with Gasteiger partial charge in [-0.3, -0.25) is 0 Å². The van der Waals surface area contributed by atoms with E-state index in [4.69, 9.17) is 9.85 Å². The second kappa shape index (κ2) is 3.83. The minimum atomic E-state index is -0.354. The topological polar surface area (TPSA) is 12.4 Å². The van der Waals surface area contributed by atoms with Crippen LogP contribution in [0.25, 0.3) is 0 Å². The van der Waals surface area contributed by atoms with Gasteiger partial charge in [-0.2, -0.15) is 0 Å². The number of hydrogen-bond acceptors (Lipinski definition) is 1. The van der Waals surface area contributed by atoms with E-state index in [0.29, 0.717) is 0 Å². The molecular formula is C6H5ClNV. The SMILES string of the molecule is [Cl][V]=[N]c1ccccc1. The molecule has 0 unspecified atom stereocenters. The van der Waals surface area contributed by atoms with Crippen LogP contribution >= 0.6 is 9.85 Å². The van der Waals surface area contributed by atoms with Crippen LogP contribution in [0.1, 0.15) is 0 Å². The first kappa shape index (κ1) is 7.01. The molecule has 0 aromatic heterocycles. The maximum absolute atomic E-state index is 5.46. The summed E-state index contributed by atoms with van der Waals surface area (Å²) in [6, 6.07) is 9.75. The van der Waals surface area contributed by atoms with E-state index in [1.807, 2.05) is 30.3 Å². The molecule has 1 aromatic carbocycles. The van der Waals surface area contributed by atoms with Gasteiger partial charge >= 0.3 is 64.8 Å². The Balaban J connectivity index is 2.85. The second-order valence-electron chi connectivity index (χ2n) is 1.51. The van der Waals surface area contributed by atoms with Crippen molar-refractivity contribution in [3.05, 3.63) is 30.3 Å². The summed E-state index contributed by atoms with van der Waals surface area (Å²) in [7, 11) is 5.46. The molecule has 0 amide bonds. The van der Waals surface area contributed by atoms with Crippen LogP contribution in [0.5, 0.6) is 0 Å².